The van der Waals surface area contributed by atoms with Gasteiger partial charge in [0.1, 0.15) is 0 Å². The van der Waals surface area contributed by atoms with Crippen molar-refractivity contribution in [1.29, 1.82) is 0 Å². The van der Waals surface area contributed by atoms with Crippen LogP contribution in [0.5, 0.6) is 0 Å². The molecule has 0 aromatic rings. The van der Waals surface area contributed by atoms with Gasteiger partial charge in [0.05, 0.1) is 0 Å². The minimum absolute atomic E-state index is 0.521. The summed E-state index contributed by atoms with van der Waals surface area (Å²) >= 11 is 0. The Morgan fingerprint density at radius 2 is 1.69 bits per heavy atom. The molecular weight excluding hydrogens is 220 g/mol. The van der Waals surface area contributed by atoms with Crippen LogP contribution in [0, 0.1) is 0 Å². The number of rotatable bonds is 7. The summed E-state index contributed by atoms with van der Waals surface area (Å²) in [5.41, 5.74) is 0.521. The van der Waals surface area contributed by atoms with Crippen molar-refractivity contribution in [2.45, 2.75) is 57.4 Å². The van der Waals surface area contributed by atoms with Crippen molar-refractivity contribution in [3.05, 3.63) is 0 Å². The molecule has 16 heavy (non-hydrogen) atoms. The Bertz CT molecular complexity index is 177. The van der Waals surface area contributed by atoms with Crippen molar-refractivity contribution < 1.29 is 13.3 Å². The standard InChI is InChI=1S/C12H26O3Si/c1-4-5-11-15-16(13-2,14-3)12-9-7-6-8-10-12/h12H,4-11H2,1-3H3. The van der Waals surface area contributed by atoms with Crippen molar-refractivity contribution in [3.63, 3.8) is 0 Å². The smallest absolute Gasteiger partial charge is 0.377 e. The number of hydrogen-bond acceptors (Lipinski definition) is 3. The van der Waals surface area contributed by atoms with Gasteiger partial charge in [-0.2, -0.15) is 0 Å². The van der Waals surface area contributed by atoms with E-state index in [4.69, 9.17) is 13.3 Å². The van der Waals surface area contributed by atoms with Gasteiger partial charge in [0.15, 0.2) is 0 Å². The predicted molar refractivity (Wildman–Crippen MR) is 67.5 cm³/mol. The van der Waals surface area contributed by atoms with Crippen LogP contribution in [-0.4, -0.2) is 29.6 Å². The first kappa shape index (κ1) is 14.2. The van der Waals surface area contributed by atoms with E-state index in [0.29, 0.717) is 5.54 Å². The number of unbranched alkanes of at least 4 members (excludes halogenated alkanes) is 1. The van der Waals surface area contributed by atoms with Gasteiger partial charge in [0, 0.05) is 26.4 Å². The fourth-order valence-corrected chi connectivity index (χ4v) is 5.32. The van der Waals surface area contributed by atoms with Crippen molar-refractivity contribution in [2.24, 2.45) is 0 Å². The summed E-state index contributed by atoms with van der Waals surface area (Å²) < 4.78 is 17.3. The first-order chi connectivity index (χ1) is 7.79. The normalized spacial score (nSPS) is 18.9. The molecule has 1 aliphatic carbocycles. The lowest BCUT2D eigenvalue weighted by Gasteiger charge is -2.35. The molecule has 0 spiro atoms. The molecule has 1 aliphatic rings. The lowest BCUT2D eigenvalue weighted by molar-refractivity contribution is 0.0802. The summed E-state index contributed by atoms with van der Waals surface area (Å²) in [5, 5.41) is 0. The van der Waals surface area contributed by atoms with Crippen molar-refractivity contribution in [2.75, 3.05) is 20.8 Å². The van der Waals surface area contributed by atoms with Gasteiger partial charge < -0.3 is 13.3 Å². The Morgan fingerprint density at radius 1 is 1.06 bits per heavy atom. The van der Waals surface area contributed by atoms with Gasteiger partial charge in [-0.05, 0) is 19.3 Å². The Labute approximate surface area is 101 Å². The molecule has 1 saturated carbocycles. The maximum Gasteiger partial charge on any atom is 0.503 e. The Balaban J connectivity index is 2.54. The van der Waals surface area contributed by atoms with E-state index in [1.54, 1.807) is 14.2 Å². The Kier molecular flexibility index (Phi) is 6.57. The second kappa shape index (κ2) is 7.43. The van der Waals surface area contributed by atoms with Crippen LogP contribution in [0.1, 0.15) is 51.9 Å². The zero-order valence-electron chi connectivity index (χ0n) is 11.0. The minimum Gasteiger partial charge on any atom is -0.377 e. The molecule has 1 fully saturated rings. The van der Waals surface area contributed by atoms with Crippen LogP contribution in [0.25, 0.3) is 0 Å². The first-order valence-electron chi connectivity index (χ1n) is 6.53. The van der Waals surface area contributed by atoms with Gasteiger partial charge in [-0.1, -0.05) is 32.6 Å². The first-order valence-corrected chi connectivity index (χ1v) is 8.33. The van der Waals surface area contributed by atoms with E-state index < -0.39 is 8.80 Å². The van der Waals surface area contributed by atoms with Gasteiger partial charge in [-0.3, -0.25) is 0 Å². The quantitative estimate of drug-likeness (QED) is 0.509. The topological polar surface area (TPSA) is 27.7 Å². The van der Waals surface area contributed by atoms with Gasteiger partial charge in [0.25, 0.3) is 0 Å². The molecule has 0 aromatic carbocycles. The van der Waals surface area contributed by atoms with Gasteiger partial charge in [-0.25, -0.2) is 0 Å². The highest BCUT2D eigenvalue weighted by Crippen LogP contribution is 2.38. The average Bonchev–Trinajstić information content (AvgIpc) is 2.36. The third kappa shape index (κ3) is 3.55. The molecule has 4 heteroatoms. The molecule has 96 valence electrons. The highest BCUT2D eigenvalue weighted by atomic mass is 28.4. The monoisotopic (exact) mass is 246 g/mol. The molecular formula is C12H26O3Si. The van der Waals surface area contributed by atoms with Crippen molar-refractivity contribution in [3.8, 4) is 0 Å². The Hall–Kier alpha value is 0.0969. The van der Waals surface area contributed by atoms with Crippen LogP contribution in [0.3, 0.4) is 0 Å². The molecule has 0 aliphatic heterocycles. The van der Waals surface area contributed by atoms with Crippen LogP contribution >= 0.6 is 0 Å². The van der Waals surface area contributed by atoms with Crippen molar-refractivity contribution >= 4 is 8.80 Å². The Morgan fingerprint density at radius 3 is 2.19 bits per heavy atom. The summed E-state index contributed by atoms with van der Waals surface area (Å²) in [7, 11) is 1.11. The number of hydrogen-bond donors (Lipinski definition) is 0. The van der Waals surface area contributed by atoms with Crippen LogP contribution in [-0.2, 0) is 13.3 Å². The average molecular weight is 246 g/mol. The molecule has 0 N–H and O–H groups in total. The molecule has 0 saturated heterocycles. The molecule has 0 heterocycles. The SMILES string of the molecule is CCCCO[Si](OC)(OC)C1CCCCC1. The predicted octanol–water partition coefficient (Wildman–Crippen LogP) is 3.37. The summed E-state index contributed by atoms with van der Waals surface area (Å²) in [5.74, 6) is 0. The summed E-state index contributed by atoms with van der Waals surface area (Å²) in [6.07, 6.45) is 8.60. The summed E-state index contributed by atoms with van der Waals surface area (Å²) in [6, 6.07) is 0. The fraction of sp³-hybridized carbons (Fsp3) is 1.00. The van der Waals surface area contributed by atoms with Crippen LogP contribution in [0.4, 0.5) is 0 Å². The van der Waals surface area contributed by atoms with E-state index in [-0.39, 0.29) is 0 Å². The van der Waals surface area contributed by atoms with E-state index in [1.165, 1.54) is 32.1 Å². The highest BCUT2D eigenvalue weighted by molar-refractivity contribution is 6.62. The van der Waals surface area contributed by atoms with Gasteiger partial charge >= 0.3 is 8.80 Å². The van der Waals surface area contributed by atoms with Crippen LogP contribution in [0.15, 0.2) is 0 Å². The lowest BCUT2D eigenvalue weighted by atomic mass is 10.0. The molecule has 0 amide bonds. The zero-order chi connectivity index (χ0) is 11.9. The summed E-state index contributed by atoms with van der Waals surface area (Å²) in [4.78, 5) is 0. The van der Waals surface area contributed by atoms with E-state index in [9.17, 15) is 0 Å². The maximum atomic E-state index is 6.00. The van der Waals surface area contributed by atoms with Crippen LogP contribution < -0.4 is 0 Å². The van der Waals surface area contributed by atoms with E-state index >= 15 is 0 Å². The molecule has 0 unspecified atom stereocenters. The third-order valence-electron chi connectivity index (χ3n) is 3.48. The van der Waals surface area contributed by atoms with Crippen LogP contribution in [0.2, 0.25) is 5.54 Å². The molecule has 3 nitrogen and oxygen atoms in total. The summed E-state index contributed by atoms with van der Waals surface area (Å²) in [6.45, 7) is 2.95. The molecule has 0 bridgehead atoms. The largest absolute Gasteiger partial charge is 0.503 e. The van der Waals surface area contributed by atoms with E-state index in [1.807, 2.05) is 0 Å². The fourth-order valence-electron chi connectivity index (χ4n) is 2.47. The zero-order valence-corrected chi connectivity index (χ0v) is 12.0. The van der Waals surface area contributed by atoms with E-state index in [0.717, 1.165) is 19.4 Å². The molecule has 0 radical (unpaired) electrons. The van der Waals surface area contributed by atoms with Crippen molar-refractivity contribution in [1.82, 2.24) is 0 Å². The second-order valence-corrected chi connectivity index (χ2v) is 7.68. The third-order valence-corrected chi connectivity index (χ3v) is 6.80. The highest BCUT2D eigenvalue weighted by Gasteiger charge is 2.47. The lowest BCUT2D eigenvalue weighted by Crippen LogP contribution is -2.49. The molecule has 0 aromatic heterocycles. The second-order valence-electron chi connectivity index (χ2n) is 4.55. The minimum atomic E-state index is -2.38. The maximum absolute atomic E-state index is 6.00. The van der Waals surface area contributed by atoms with Gasteiger partial charge in [-0.15, -0.1) is 0 Å². The van der Waals surface area contributed by atoms with E-state index in [2.05, 4.69) is 6.92 Å². The van der Waals surface area contributed by atoms with Gasteiger partial charge in [0.2, 0.25) is 0 Å². The molecule has 1 rings (SSSR count). The molecule has 0 atom stereocenters.